The molecule has 0 bridgehead atoms. The normalized spacial score (nSPS) is 12.7. The van der Waals surface area contributed by atoms with Crippen molar-refractivity contribution < 1.29 is 8.42 Å². The van der Waals surface area contributed by atoms with Crippen molar-refractivity contribution in [1.29, 1.82) is 0 Å². The lowest BCUT2D eigenvalue weighted by molar-refractivity contribution is 0.521. The molecule has 18 heavy (non-hydrogen) atoms. The van der Waals surface area contributed by atoms with Crippen LogP contribution in [0, 0.1) is 13.8 Å². The van der Waals surface area contributed by atoms with Crippen LogP contribution < -0.4 is 5.32 Å². The zero-order valence-electron chi connectivity index (χ0n) is 11.9. The van der Waals surface area contributed by atoms with Gasteiger partial charge in [0.2, 0.25) is 0 Å². The third-order valence-electron chi connectivity index (χ3n) is 3.50. The Morgan fingerprint density at radius 3 is 2.11 bits per heavy atom. The molecule has 1 aromatic rings. The highest BCUT2D eigenvalue weighted by molar-refractivity contribution is 7.92. The Bertz CT molecular complexity index is 498. The van der Waals surface area contributed by atoms with Gasteiger partial charge in [0.25, 0.3) is 0 Å². The van der Waals surface area contributed by atoms with E-state index in [0.717, 1.165) is 0 Å². The lowest BCUT2D eigenvalue weighted by Crippen LogP contribution is -2.41. The van der Waals surface area contributed by atoms with Crippen molar-refractivity contribution in [1.82, 2.24) is 5.32 Å². The average Bonchev–Trinajstić information content (AvgIpc) is 2.20. The van der Waals surface area contributed by atoms with Crippen molar-refractivity contribution in [3.63, 3.8) is 0 Å². The van der Waals surface area contributed by atoms with E-state index in [9.17, 15) is 8.42 Å². The molecule has 0 saturated heterocycles. The molecule has 0 aromatic heterocycles. The van der Waals surface area contributed by atoms with Gasteiger partial charge < -0.3 is 5.32 Å². The quantitative estimate of drug-likeness (QED) is 0.891. The molecule has 0 spiro atoms. The van der Waals surface area contributed by atoms with Crippen LogP contribution in [0.25, 0.3) is 0 Å². The van der Waals surface area contributed by atoms with Gasteiger partial charge in [-0.25, -0.2) is 8.42 Å². The lowest BCUT2D eigenvalue weighted by Gasteiger charge is -2.23. The second-order valence-corrected chi connectivity index (χ2v) is 8.16. The van der Waals surface area contributed by atoms with E-state index in [1.807, 2.05) is 6.07 Å². The third-order valence-corrected chi connectivity index (χ3v) is 5.65. The Kier molecular flexibility index (Phi) is 4.56. The van der Waals surface area contributed by atoms with E-state index >= 15 is 0 Å². The Morgan fingerprint density at radius 2 is 1.67 bits per heavy atom. The van der Waals surface area contributed by atoms with Gasteiger partial charge in [0, 0.05) is 19.3 Å². The minimum atomic E-state index is -3.04. The Hall–Kier alpha value is -0.870. The standard InChI is InChI=1S/C14H23NO2S/c1-11-7-6-8-12(2)13(11)9-15-10-14(3,4)18(5,16)17/h6-8,15H,9-10H2,1-5H3. The van der Waals surface area contributed by atoms with E-state index in [1.165, 1.54) is 22.9 Å². The predicted molar refractivity (Wildman–Crippen MR) is 76.5 cm³/mol. The number of benzene rings is 1. The van der Waals surface area contributed by atoms with Gasteiger partial charge in [-0.3, -0.25) is 0 Å². The summed E-state index contributed by atoms with van der Waals surface area (Å²) in [6.45, 7) is 8.81. The SMILES string of the molecule is Cc1cccc(C)c1CNCC(C)(C)S(C)(=O)=O. The number of nitrogens with one attached hydrogen (secondary N) is 1. The Balaban J connectivity index is 2.68. The molecule has 0 unspecified atom stereocenters. The van der Waals surface area contributed by atoms with Crippen LogP contribution in [0.2, 0.25) is 0 Å². The fourth-order valence-corrected chi connectivity index (χ4v) is 2.11. The van der Waals surface area contributed by atoms with Gasteiger partial charge in [-0.2, -0.15) is 0 Å². The highest BCUT2D eigenvalue weighted by Gasteiger charge is 2.29. The third kappa shape index (κ3) is 3.56. The first kappa shape index (κ1) is 15.2. The topological polar surface area (TPSA) is 46.2 Å². The molecule has 0 aliphatic rings. The van der Waals surface area contributed by atoms with E-state index < -0.39 is 14.6 Å². The molecule has 0 fully saturated rings. The van der Waals surface area contributed by atoms with Crippen molar-refractivity contribution in [2.24, 2.45) is 0 Å². The lowest BCUT2D eigenvalue weighted by atomic mass is 10.0. The van der Waals surface area contributed by atoms with E-state index in [-0.39, 0.29) is 0 Å². The molecule has 4 heteroatoms. The van der Waals surface area contributed by atoms with Crippen molar-refractivity contribution in [2.45, 2.75) is 39.0 Å². The van der Waals surface area contributed by atoms with Crippen LogP contribution in [0.5, 0.6) is 0 Å². The first-order chi connectivity index (χ1) is 8.15. The largest absolute Gasteiger partial charge is 0.311 e. The van der Waals surface area contributed by atoms with Gasteiger partial charge in [0.15, 0.2) is 9.84 Å². The second-order valence-electron chi connectivity index (χ2n) is 5.51. The van der Waals surface area contributed by atoms with E-state index in [2.05, 4.69) is 31.3 Å². The average molecular weight is 269 g/mol. The summed E-state index contributed by atoms with van der Waals surface area (Å²) < 4.78 is 22.4. The molecule has 0 aliphatic carbocycles. The van der Waals surface area contributed by atoms with Crippen LogP contribution in [0.1, 0.15) is 30.5 Å². The van der Waals surface area contributed by atoms with Crippen LogP contribution in [0.15, 0.2) is 18.2 Å². The summed E-state index contributed by atoms with van der Waals surface area (Å²) in [5.74, 6) is 0. The van der Waals surface area contributed by atoms with E-state index in [1.54, 1.807) is 13.8 Å². The van der Waals surface area contributed by atoms with Crippen molar-refractivity contribution in [3.05, 3.63) is 34.9 Å². The summed E-state index contributed by atoms with van der Waals surface area (Å²) in [6.07, 6.45) is 1.29. The highest BCUT2D eigenvalue weighted by atomic mass is 32.2. The van der Waals surface area contributed by atoms with Gasteiger partial charge in [-0.1, -0.05) is 18.2 Å². The van der Waals surface area contributed by atoms with Crippen LogP contribution >= 0.6 is 0 Å². The molecule has 1 aromatic carbocycles. The number of aryl methyl sites for hydroxylation is 2. The summed E-state index contributed by atoms with van der Waals surface area (Å²) >= 11 is 0. The molecule has 1 rings (SSSR count). The maximum absolute atomic E-state index is 11.6. The van der Waals surface area contributed by atoms with Crippen LogP contribution in [0.3, 0.4) is 0 Å². The molecule has 0 atom stereocenters. The molecular weight excluding hydrogens is 246 g/mol. The van der Waals surface area contributed by atoms with Crippen LogP contribution in [0.4, 0.5) is 0 Å². The summed E-state index contributed by atoms with van der Waals surface area (Å²) in [7, 11) is -3.04. The van der Waals surface area contributed by atoms with Gasteiger partial charge >= 0.3 is 0 Å². The number of hydrogen-bond donors (Lipinski definition) is 1. The maximum atomic E-state index is 11.6. The smallest absolute Gasteiger partial charge is 0.153 e. The number of rotatable bonds is 5. The molecule has 0 radical (unpaired) electrons. The fourth-order valence-electron chi connectivity index (χ4n) is 1.75. The Morgan fingerprint density at radius 1 is 1.17 bits per heavy atom. The van der Waals surface area contributed by atoms with Crippen molar-refractivity contribution in [2.75, 3.05) is 12.8 Å². The van der Waals surface area contributed by atoms with Gasteiger partial charge in [-0.05, 0) is 44.4 Å². The molecule has 0 aliphatic heterocycles. The van der Waals surface area contributed by atoms with Gasteiger partial charge in [-0.15, -0.1) is 0 Å². The first-order valence-corrected chi connectivity index (χ1v) is 8.00. The van der Waals surface area contributed by atoms with Gasteiger partial charge in [0.1, 0.15) is 0 Å². The van der Waals surface area contributed by atoms with Crippen molar-refractivity contribution >= 4 is 9.84 Å². The summed E-state index contributed by atoms with van der Waals surface area (Å²) in [5, 5.41) is 3.25. The summed E-state index contributed by atoms with van der Waals surface area (Å²) in [6, 6.07) is 6.19. The predicted octanol–water partition coefficient (Wildman–Crippen LogP) is 2.22. The summed E-state index contributed by atoms with van der Waals surface area (Å²) in [5.41, 5.74) is 3.72. The molecule has 102 valence electrons. The number of hydrogen-bond acceptors (Lipinski definition) is 3. The molecule has 0 heterocycles. The minimum absolute atomic E-state index is 0.458. The monoisotopic (exact) mass is 269 g/mol. The Labute approximate surface area is 111 Å². The van der Waals surface area contributed by atoms with Crippen LogP contribution in [-0.4, -0.2) is 26.0 Å². The van der Waals surface area contributed by atoms with E-state index in [4.69, 9.17) is 0 Å². The van der Waals surface area contributed by atoms with Crippen molar-refractivity contribution in [3.8, 4) is 0 Å². The molecular formula is C14H23NO2S. The van der Waals surface area contributed by atoms with E-state index in [0.29, 0.717) is 13.1 Å². The zero-order chi connectivity index (χ0) is 14.0. The first-order valence-electron chi connectivity index (χ1n) is 6.10. The molecule has 0 amide bonds. The fraction of sp³-hybridized carbons (Fsp3) is 0.571. The maximum Gasteiger partial charge on any atom is 0.153 e. The molecule has 0 saturated carbocycles. The number of sulfone groups is 1. The highest BCUT2D eigenvalue weighted by Crippen LogP contribution is 2.16. The summed E-state index contributed by atoms with van der Waals surface area (Å²) in [4.78, 5) is 0. The zero-order valence-corrected chi connectivity index (χ0v) is 12.7. The second kappa shape index (κ2) is 5.41. The molecule has 3 nitrogen and oxygen atoms in total. The minimum Gasteiger partial charge on any atom is -0.311 e. The molecule has 1 N–H and O–H groups in total. The van der Waals surface area contributed by atoms with Gasteiger partial charge in [0.05, 0.1) is 4.75 Å². The van der Waals surface area contributed by atoms with Crippen LogP contribution in [-0.2, 0) is 16.4 Å².